The van der Waals surface area contributed by atoms with Gasteiger partial charge in [-0.2, -0.15) is 0 Å². The minimum absolute atomic E-state index is 0.342. The highest BCUT2D eigenvalue weighted by Crippen LogP contribution is 2.26. The number of rotatable bonds is 1. The second-order valence-electron chi connectivity index (χ2n) is 2.97. The zero-order valence-electron chi connectivity index (χ0n) is 7.37. The molecule has 1 aliphatic heterocycles. The summed E-state index contributed by atoms with van der Waals surface area (Å²) < 4.78 is 4.80. The van der Waals surface area contributed by atoms with Crippen LogP contribution in [0.4, 0.5) is 16.2 Å². The molecule has 1 aliphatic rings. The molecule has 0 bridgehead atoms. The summed E-state index contributed by atoms with van der Waals surface area (Å²) in [5.41, 5.74) is 6.77. The number of cyclic esters (lactones) is 1. The number of amides is 1. The second-order valence-corrected chi connectivity index (χ2v) is 3.38. The zero-order valence-corrected chi connectivity index (χ0v) is 8.12. The van der Waals surface area contributed by atoms with Gasteiger partial charge in [-0.05, 0) is 18.2 Å². The maximum atomic E-state index is 11.2. The van der Waals surface area contributed by atoms with Gasteiger partial charge < -0.3 is 10.5 Å². The molecular formula is C9H9ClN2O2. The van der Waals surface area contributed by atoms with Gasteiger partial charge >= 0.3 is 6.09 Å². The maximum absolute atomic E-state index is 11.2. The fourth-order valence-electron chi connectivity index (χ4n) is 1.31. The third-order valence-electron chi connectivity index (χ3n) is 2.06. The Morgan fingerprint density at radius 2 is 2.29 bits per heavy atom. The molecule has 0 aromatic heterocycles. The summed E-state index contributed by atoms with van der Waals surface area (Å²) >= 11 is 5.84. The molecule has 2 rings (SSSR count). The maximum Gasteiger partial charge on any atom is 0.414 e. The van der Waals surface area contributed by atoms with Crippen LogP contribution in [0.5, 0.6) is 0 Å². The van der Waals surface area contributed by atoms with Crippen LogP contribution in [0.2, 0.25) is 5.02 Å². The lowest BCUT2D eigenvalue weighted by Crippen LogP contribution is -2.23. The lowest BCUT2D eigenvalue weighted by atomic mass is 10.2. The first-order chi connectivity index (χ1) is 6.68. The molecule has 74 valence electrons. The molecule has 0 unspecified atom stereocenters. The number of benzene rings is 1. The van der Waals surface area contributed by atoms with Crippen LogP contribution in [0.15, 0.2) is 18.2 Å². The third kappa shape index (κ3) is 1.48. The standard InChI is InChI=1S/C9H9ClN2O2/c10-7-5-6(1-2-8(7)11)12-3-4-14-9(12)13/h1-2,5H,3-4,11H2. The molecule has 1 heterocycles. The van der Waals surface area contributed by atoms with Crippen molar-refractivity contribution in [3.05, 3.63) is 23.2 Å². The van der Waals surface area contributed by atoms with Gasteiger partial charge in [-0.1, -0.05) is 11.6 Å². The number of carbonyl (C=O) groups excluding carboxylic acids is 1. The van der Waals surface area contributed by atoms with Crippen molar-refractivity contribution in [2.45, 2.75) is 0 Å². The van der Waals surface area contributed by atoms with Crippen molar-refractivity contribution < 1.29 is 9.53 Å². The minimum atomic E-state index is -0.342. The Hall–Kier alpha value is -1.42. The third-order valence-corrected chi connectivity index (χ3v) is 2.38. The molecule has 0 radical (unpaired) electrons. The molecule has 1 aromatic rings. The lowest BCUT2D eigenvalue weighted by molar-refractivity contribution is 0.181. The number of nitrogens with two attached hydrogens (primary N) is 1. The van der Waals surface area contributed by atoms with E-state index in [-0.39, 0.29) is 6.09 Å². The summed E-state index contributed by atoms with van der Waals surface area (Å²) in [6, 6.07) is 5.07. The molecule has 14 heavy (non-hydrogen) atoms. The fourth-order valence-corrected chi connectivity index (χ4v) is 1.49. The first-order valence-electron chi connectivity index (χ1n) is 4.18. The Morgan fingerprint density at radius 3 is 2.86 bits per heavy atom. The minimum Gasteiger partial charge on any atom is -0.447 e. The molecule has 0 spiro atoms. The lowest BCUT2D eigenvalue weighted by Gasteiger charge is -2.13. The van der Waals surface area contributed by atoms with Gasteiger partial charge in [-0.25, -0.2) is 4.79 Å². The molecule has 1 saturated heterocycles. The Morgan fingerprint density at radius 1 is 1.50 bits per heavy atom. The van der Waals surface area contributed by atoms with E-state index < -0.39 is 0 Å². The van der Waals surface area contributed by atoms with Crippen molar-refractivity contribution in [2.75, 3.05) is 23.8 Å². The molecule has 1 amide bonds. The quantitative estimate of drug-likeness (QED) is 0.724. The largest absolute Gasteiger partial charge is 0.447 e. The van der Waals surface area contributed by atoms with E-state index in [4.69, 9.17) is 22.1 Å². The number of hydrogen-bond acceptors (Lipinski definition) is 3. The molecule has 4 nitrogen and oxygen atoms in total. The van der Waals surface area contributed by atoms with Crippen molar-refractivity contribution in [1.29, 1.82) is 0 Å². The number of ether oxygens (including phenoxy) is 1. The SMILES string of the molecule is Nc1ccc(N2CCOC2=O)cc1Cl. The highest BCUT2D eigenvalue weighted by Gasteiger charge is 2.23. The van der Waals surface area contributed by atoms with Crippen LogP contribution in [-0.4, -0.2) is 19.2 Å². The van der Waals surface area contributed by atoms with Crippen LogP contribution >= 0.6 is 11.6 Å². The predicted molar refractivity (Wildman–Crippen MR) is 54.6 cm³/mol. The summed E-state index contributed by atoms with van der Waals surface area (Å²) in [5.74, 6) is 0. The Labute approximate surface area is 86.2 Å². The number of hydrogen-bond donors (Lipinski definition) is 1. The molecule has 0 aliphatic carbocycles. The molecule has 1 fully saturated rings. The number of halogens is 1. The van der Waals surface area contributed by atoms with Gasteiger partial charge in [0.05, 0.1) is 17.3 Å². The van der Waals surface area contributed by atoms with Gasteiger partial charge in [0.15, 0.2) is 0 Å². The molecule has 0 saturated carbocycles. The van der Waals surface area contributed by atoms with E-state index in [0.29, 0.717) is 29.5 Å². The Balaban J connectivity index is 2.32. The average molecular weight is 213 g/mol. The van der Waals surface area contributed by atoms with Crippen LogP contribution in [0, 0.1) is 0 Å². The Kier molecular flexibility index (Phi) is 2.21. The Bertz CT molecular complexity index is 381. The first-order valence-corrected chi connectivity index (χ1v) is 4.55. The topological polar surface area (TPSA) is 55.6 Å². The molecule has 1 aromatic carbocycles. The van der Waals surface area contributed by atoms with E-state index in [0.717, 1.165) is 0 Å². The van der Waals surface area contributed by atoms with E-state index in [1.807, 2.05) is 0 Å². The highest BCUT2D eigenvalue weighted by molar-refractivity contribution is 6.33. The van der Waals surface area contributed by atoms with E-state index in [1.54, 1.807) is 18.2 Å². The molecule has 0 atom stereocenters. The van der Waals surface area contributed by atoms with Crippen molar-refractivity contribution in [2.24, 2.45) is 0 Å². The van der Waals surface area contributed by atoms with Crippen molar-refractivity contribution in [3.8, 4) is 0 Å². The van der Waals surface area contributed by atoms with Crippen molar-refractivity contribution >= 4 is 29.1 Å². The van der Waals surface area contributed by atoms with Crippen LogP contribution in [-0.2, 0) is 4.74 Å². The summed E-state index contributed by atoms with van der Waals surface area (Å²) in [7, 11) is 0. The van der Waals surface area contributed by atoms with Gasteiger partial charge in [0.1, 0.15) is 6.61 Å². The van der Waals surface area contributed by atoms with E-state index >= 15 is 0 Å². The van der Waals surface area contributed by atoms with Gasteiger partial charge in [-0.15, -0.1) is 0 Å². The van der Waals surface area contributed by atoms with Gasteiger partial charge in [0.25, 0.3) is 0 Å². The second kappa shape index (κ2) is 3.38. The van der Waals surface area contributed by atoms with E-state index in [2.05, 4.69) is 0 Å². The summed E-state index contributed by atoms with van der Waals surface area (Å²) in [4.78, 5) is 12.7. The average Bonchev–Trinajstić information content (AvgIpc) is 2.57. The molecule has 2 N–H and O–H groups in total. The van der Waals surface area contributed by atoms with Crippen LogP contribution in [0.25, 0.3) is 0 Å². The monoisotopic (exact) mass is 212 g/mol. The van der Waals surface area contributed by atoms with Crippen LogP contribution in [0.3, 0.4) is 0 Å². The molecule has 5 heteroatoms. The first kappa shape index (κ1) is 9.15. The summed E-state index contributed by atoms with van der Waals surface area (Å²) in [6.07, 6.45) is -0.342. The van der Waals surface area contributed by atoms with Crippen molar-refractivity contribution in [3.63, 3.8) is 0 Å². The molecular weight excluding hydrogens is 204 g/mol. The zero-order chi connectivity index (χ0) is 10.1. The smallest absolute Gasteiger partial charge is 0.414 e. The normalized spacial score (nSPS) is 15.8. The number of anilines is 2. The fraction of sp³-hybridized carbons (Fsp3) is 0.222. The predicted octanol–water partition coefficient (Wildman–Crippen LogP) is 1.88. The van der Waals surface area contributed by atoms with E-state index in [1.165, 1.54) is 4.90 Å². The number of nitrogen functional groups attached to an aromatic ring is 1. The van der Waals surface area contributed by atoms with Crippen LogP contribution in [0.1, 0.15) is 0 Å². The summed E-state index contributed by atoms with van der Waals surface area (Å²) in [5, 5.41) is 0.446. The van der Waals surface area contributed by atoms with E-state index in [9.17, 15) is 4.79 Å². The number of nitrogens with zero attached hydrogens (tertiary/aromatic N) is 1. The van der Waals surface area contributed by atoms with Gasteiger partial charge in [-0.3, -0.25) is 4.90 Å². The van der Waals surface area contributed by atoms with Crippen molar-refractivity contribution in [1.82, 2.24) is 0 Å². The van der Waals surface area contributed by atoms with Crippen LogP contribution < -0.4 is 10.6 Å². The van der Waals surface area contributed by atoms with Gasteiger partial charge in [0, 0.05) is 5.69 Å². The highest BCUT2D eigenvalue weighted by atomic mass is 35.5. The number of carbonyl (C=O) groups is 1. The summed E-state index contributed by atoms with van der Waals surface area (Å²) in [6.45, 7) is 0.972. The van der Waals surface area contributed by atoms with Gasteiger partial charge in [0.2, 0.25) is 0 Å².